The molecule has 0 N–H and O–H groups in total. The lowest BCUT2D eigenvalue weighted by Crippen LogP contribution is -2.23. The fraction of sp³-hybridized carbons (Fsp3) is 0.200. The van der Waals surface area contributed by atoms with Gasteiger partial charge in [-0.1, -0.05) is 12.1 Å². The number of non-ortho nitro benzene ring substituents is 1. The Bertz CT molecular complexity index is 1070. The molecule has 0 bridgehead atoms. The predicted octanol–water partition coefficient (Wildman–Crippen LogP) is 4.48. The van der Waals surface area contributed by atoms with Crippen molar-refractivity contribution >= 4 is 50.5 Å². The highest BCUT2D eigenvalue weighted by Crippen LogP contribution is 2.39. The van der Waals surface area contributed by atoms with Gasteiger partial charge in [0.05, 0.1) is 21.4 Å². The summed E-state index contributed by atoms with van der Waals surface area (Å²) in [4.78, 5) is 29.0. The third-order valence-corrected chi connectivity index (χ3v) is 5.99. The minimum atomic E-state index is -0.448. The van der Waals surface area contributed by atoms with E-state index < -0.39 is 4.92 Å². The van der Waals surface area contributed by atoms with Gasteiger partial charge in [0.25, 0.3) is 11.6 Å². The van der Waals surface area contributed by atoms with E-state index in [4.69, 9.17) is 9.47 Å². The summed E-state index contributed by atoms with van der Waals surface area (Å²) in [5.41, 5.74) is 1.41. The molecule has 0 saturated carbocycles. The van der Waals surface area contributed by atoms with Gasteiger partial charge in [0.1, 0.15) is 6.61 Å². The van der Waals surface area contributed by atoms with Crippen LogP contribution in [0.4, 0.5) is 5.69 Å². The standard InChI is InChI=1S/C20H18BrN3O5S/c1-22-20-23(2)19(25)17(30-20)10-13-8-15(21)18(16(9-13)28-3)29-11-12-5-4-6-14(7-12)24(26)27/h4-10H,11H2,1-3H3/b17-10-,22-20?. The van der Waals surface area contributed by atoms with Crippen LogP contribution in [0.5, 0.6) is 11.5 Å². The van der Waals surface area contributed by atoms with E-state index in [1.54, 1.807) is 38.4 Å². The Labute approximate surface area is 185 Å². The first-order chi connectivity index (χ1) is 14.3. The Balaban J connectivity index is 1.84. The normalized spacial score (nSPS) is 16.4. The summed E-state index contributed by atoms with van der Waals surface area (Å²) in [7, 11) is 4.84. The van der Waals surface area contributed by atoms with E-state index in [1.165, 1.54) is 35.9 Å². The SMILES string of the molecule is CN=C1S/C(=C\c2cc(Br)c(OCc3cccc([N+](=O)[O-])c3)c(OC)c2)C(=O)N1C. The Hall–Kier alpha value is -2.85. The number of nitro groups is 1. The van der Waals surface area contributed by atoms with Crippen LogP contribution in [0.2, 0.25) is 0 Å². The maximum atomic E-state index is 12.4. The van der Waals surface area contributed by atoms with E-state index in [-0.39, 0.29) is 18.2 Å². The van der Waals surface area contributed by atoms with Crippen LogP contribution in [0.3, 0.4) is 0 Å². The molecule has 2 aromatic rings. The lowest BCUT2D eigenvalue weighted by molar-refractivity contribution is -0.384. The second-order valence-electron chi connectivity index (χ2n) is 6.23. The molecule has 0 unspecified atom stereocenters. The van der Waals surface area contributed by atoms with Gasteiger partial charge in [-0.3, -0.25) is 24.8 Å². The molecule has 156 valence electrons. The van der Waals surface area contributed by atoms with Gasteiger partial charge < -0.3 is 9.47 Å². The van der Waals surface area contributed by atoms with E-state index in [0.29, 0.717) is 31.6 Å². The number of carbonyl (C=O) groups is 1. The first-order valence-electron chi connectivity index (χ1n) is 8.72. The molecular weight excluding hydrogens is 474 g/mol. The number of halogens is 1. The van der Waals surface area contributed by atoms with Gasteiger partial charge in [0.2, 0.25) is 0 Å². The number of amidine groups is 1. The average molecular weight is 492 g/mol. The topological polar surface area (TPSA) is 94.3 Å². The molecule has 1 fully saturated rings. The minimum absolute atomic E-state index is 0.00258. The second-order valence-corrected chi connectivity index (χ2v) is 8.09. The van der Waals surface area contributed by atoms with Crippen molar-refractivity contribution in [1.82, 2.24) is 4.90 Å². The molecule has 0 aliphatic carbocycles. The molecule has 1 aliphatic heterocycles. The number of methoxy groups -OCH3 is 1. The number of benzene rings is 2. The van der Waals surface area contributed by atoms with E-state index >= 15 is 0 Å². The number of ether oxygens (including phenoxy) is 2. The number of amides is 1. The molecule has 1 saturated heterocycles. The maximum absolute atomic E-state index is 12.4. The predicted molar refractivity (Wildman–Crippen MR) is 120 cm³/mol. The molecule has 10 heteroatoms. The third kappa shape index (κ3) is 4.65. The monoisotopic (exact) mass is 491 g/mol. The summed E-state index contributed by atoms with van der Waals surface area (Å²) >= 11 is 4.79. The lowest BCUT2D eigenvalue weighted by atomic mass is 10.1. The molecular formula is C20H18BrN3O5S. The zero-order chi connectivity index (χ0) is 21.8. The molecule has 0 aromatic heterocycles. The molecule has 1 heterocycles. The van der Waals surface area contributed by atoms with Gasteiger partial charge in [0, 0.05) is 26.2 Å². The van der Waals surface area contributed by atoms with Crippen molar-refractivity contribution in [3.05, 3.63) is 67.0 Å². The van der Waals surface area contributed by atoms with Crippen LogP contribution < -0.4 is 9.47 Å². The summed E-state index contributed by atoms with van der Waals surface area (Å²) in [6.45, 7) is 0.131. The van der Waals surface area contributed by atoms with Crippen LogP contribution in [-0.4, -0.2) is 42.1 Å². The summed E-state index contributed by atoms with van der Waals surface area (Å²) in [5, 5.41) is 11.6. The van der Waals surface area contributed by atoms with Crippen LogP contribution in [0, 0.1) is 10.1 Å². The molecule has 3 rings (SSSR count). The maximum Gasteiger partial charge on any atom is 0.269 e. The van der Waals surface area contributed by atoms with Crippen molar-refractivity contribution in [2.45, 2.75) is 6.61 Å². The molecule has 0 atom stereocenters. The number of nitrogens with zero attached hydrogens (tertiary/aromatic N) is 3. The van der Waals surface area contributed by atoms with E-state index in [2.05, 4.69) is 20.9 Å². The van der Waals surface area contributed by atoms with Gasteiger partial charge in [0.15, 0.2) is 16.7 Å². The minimum Gasteiger partial charge on any atom is -0.493 e. The van der Waals surface area contributed by atoms with Gasteiger partial charge in [-0.25, -0.2) is 0 Å². The van der Waals surface area contributed by atoms with Crippen LogP contribution in [0.25, 0.3) is 6.08 Å². The highest BCUT2D eigenvalue weighted by molar-refractivity contribution is 9.10. The zero-order valence-electron chi connectivity index (χ0n) is 16.4. The Kier molecular flexibility index (Phi) is 6.78. The number of hydrogen-bond acceptors (Lipinski definition) is 7. The summed E-state index contributed by atoms with van der Waals surface area (Å²) in [6, 6.07) is 9.82. The van der Waals surface area contributed by atoms with Crippen LogP contribution in [-0.2, 0) is 11.4 Å². The van der Waals surface area contributed by atoms with Crippen molar-refractivity contribution in [1.29, 1.82) is 0 Å². The van der Waals surface area contributed by atoms with Crippen LogP contribution in [0.1, 0.15) is 11.1 Å². The number of likely N-dealkylation sites (N-methyl/N-ethyl adjacent to an activating group) is 1. The highest BCUT2D eigenvalue weighted by Gasteiger charge is 2.29. The van der Waals surface area contributed by atoms with E-state index in [1.807, 2.05) is 6.07 Å². The van der Waals surface area contributed by atoms with Gasteiger partial charge in [-0.15, -0.1) is 0 Å². The van der Waals surface area contributed by atoms with Crippen LogP contribution >= 0.6 is 27.7 Å². The summed E-state index contributed by atoms with van der Waals surface area (Å²) in [5.74, 6) is 0.806. The number of hydrogen-bond donors (Lipinski definition) is 0. The number of rotatable bonds is 6. The van der Waals surface area contributed by atoms with Gasteiger partial charge in [-0.2, -0.15) is 0 Å². The smallest absolute Gasteiger partial charge is 0.269 e. The number of nitro benzene ring substituents is 1. The number of carbonyl (C=O) groups excluding carboxylic acids is 1. The number of aliphatic imine (C=N–C) groups is 1. The first kappa shape index (κ1) is 21.8. The molecule has 0 spiro atoms. The molecule has 0 radical (unpaired) electrons. The quantitative estimate of drug-likeness (QED) is 0.336. The molecule has 8 nitrogen and oxygen atoms in total. The summed E-state index contributed by atoms with van der Waals surface area (Å²) < 4.78 is 11.9. The Morgan fingerprint density at radius 2 is 2.10 bits per heavy atom. The first-order valence-corrected chi connectivity index (χ1v) is 10.3. The van der Waals surface area contributed by atoms with Crippen molar-refractivity contribution in [2.75, 3.05) is 21.2 Å². The highest BCUT2D eigenvalue weighted by atomic mass is 79.9. The van der Waals surface area contributed by atoms with Crippen molar-refractivity contribution in [2.24, 2.45) is 4.99 Å². The number of thioether (sulfide) groups is 1. The van der Waals surface area contributed by atoms with E-state index in [9.17, 15) is 14.9 Å². The van der Waals surface area contributed by atoms with Gasteiger partial charge in [-0.05, 0) is 57.0 Å². The van der Waals surface area contributed by atoms with Gasteiger partial charge >= 0.3 is 0 Å². The lowest BCUT2D eigenvalue weighted by Gasteiger charge is -2.14. The molecule has 1 aliphatic rings. The molecule has 2 aromatic carbocycles. The van der Waals surface area contributed by atoms with E-state index in [0.717, 1.165) is 5.56 Å². The Morgan fingerprint density at radius 1 is 1.33 bits per heavy atom. The zero-order valence-corrected chi connectivity index (χ0v) is 18.8. The van der Waals surface area contributed by atoms with Crippen LogP contribution in [0.15, 0.2) is 50.8 Å². The Morgan fingerprint density at radius 3 is 2.73 bits per heavy atom. The fourth-order valence-electron chi connectivity index (χ4n) is 2.78. The average Bonchev–Trinajstić information content (AvgIpc) is 3.00. The second kappa shape index (κ2) is 9.31. The largest absolute Gasteiger partial charge is 0.493 e. The molecule has 1 amide bonds. The summed E-state index contributed by atoms with van der Waals surface area (Å²) in [6.07, 6.45) is 1.76. The van der Waals surface area contributed by atoms with Crippen molar-refractivity contribution in [3.63, 3.8) is 0 Å². The van der Waals surface area contributed by atoms with Crippen molar-refractivity contribution in [3.8, 4) is 11.5 Å². The third-order valence-electron chi connectivity index (χ3n) is 4.25. The van der Waals surface area contributed by atoms with Crippen molar-refractivity contribution < 1.29 is 19.2 Å². The fourth-order valence-corrected chi connectivity index (χ4v) is 4.28. The molecule has 30 heavy (non-hydrogen) atoms.